The largest absolute Gasteiger partial charge is 0.431 e. The van der Waals surface area contributed by atoms with Gasteiger partial charge in [-0.1, -0.05) is 43.3 Å². The van der Waals surface area contributed by atoms with Crippen LogP contribution in [0.25, 0.3) is 11.1 Å². The summed E-state index contributed by atoms with van der Waals surface area (Å²) in [7, 11) is 0. The number of hydrogen-bond acceptors (Lipinski definition) is 4. The number of fused-ring (bicyclic) bond motifs is 1. The Hall–Kier alpha value is -2.27. The predicted octanol–water partition coefficient (Wildman–Crippen LogP) is 4.96. The van der Waals surface area contributed by atoms with Gasteiger partial charge in [-0.25, -0.2) is 4.98 Å². The van der Waals surface area contributed by atoms with Gasteiger partial charge in [0.2, 0.25) is 0 Å². The number of unbranched alkanes of at least 4 members (excludes halogenated alkanes) is 1. The maximum Gasteiger partial charge on any atom is 0.257 e. The lowest BCUT2D eigenvalue weighted by Gasteiger charge is -2.06. The Morgan fingerprint density at radius 3 is 2.96 bits per heavy atom. The number of oxazole rings is 1. The lowest BCUT2D eigenvalue weighted by molar-refractivity contribution is 0.0953. The molecule has 130 valence electrons. The van der Waals surface area contributed by atoms with Crippen molar-refractivity contribution in [3.8, 4) is 0 Å². The molecule has 0 saturated carbocycles. The summed E-state index contributed by atoms with van der Waals surface area (Å²) in [6.07, 6.45) is 2.07. The van der Waals surface area contributed by atoms with Crippen LogP contribution in [0.15, 0.2) is 52.1 Å². The van der Waals surface area contributed by atoms with Crippen molar-refractivity contribution in [2.75, 3.05) is 6.54 Å². The van der Waals surface area contributed by atoms with Crippen LogP contribution in [0.1, 0.15) is 41.3 Å². The van der Waals surface area contributed by atoms with E-state index in [0.717, 1.165) is 36.0 Å². The molecule has 25 heavy (non-hydrogen) atoms. The van der Waals surface area contributed by atoms with E-state index in [0.29, 0.717) is 16.5 Å². The summed E-state index contributed by atoms with van der Waals surface area (Å²) < 4.78 is 5.76. The standard InChI is InChI=1S/C20H22N2O2S/c1-3-4-10-21-19(23)16-7-5-6-15(12-16)13-25-20-22-17-11-14(2)8-9-18(17)24-20/h5-9,11-12H,3-4,10,13H2,1-2H3,(H,21,23). The van der Waals surface area contributed by atoms with Gasteiger partial charge in [-0.15, -0.1) is 0 Å². The Bertz CT molecular complexity index is 873. The molecule has 1 heterocycles. The van der Waals surface area contributed by atoms with Gasteiger partial charge >= 0.3 is 0 Å². The Morgan fingerprint density at radius 1 is 1.24 bits per heavy atom. The van der Waals surface area contributed by atoms with E-state index in [1.165, 1.54) is 17.3 Å². The molecular weight excluding hydrogens is 332 g/mol. The van der Waals surface area contributed by atoms with E-state index in [9.17, 15) is 4.79 Å². The first-order valence-corrected chi connectivity index (χ1v) is 9.51. The Morgan fingerprint density at radius 2 is 2.12 bits per heavy atom. The molecule has 5 heteroatoms. The number of aryl methyl sites for hydroxylation is 1. The van der Waals surface area contributed by atoms with Crippen molar-refractivity contribution in [2.24, 2.45) is 0 Å². The third-order valence-electron chi connectivity index (χ3n) is 3.89. The zero-order chi connectivity index (χ0) is 17.6. The van der Waals surface area contributed by atoms with E-state index in [1.807, 2.05) is 49.4 Å². The predicted molar refractivity (Wildman–Crippen MR) is 102 cm³/mol. The second-order valence-corrected chi connectivity index (χ2v) is 6.98. The number of nitrogens with one attached hydrogen (secondary N) is 1. The minimum Gasteiger partial charge on any atom is -0.431 e. The highest BCUT2D eigenvalue weighted by molar-refractivity contribution is 7.98. The molecular formula is C20H22N2O2S. The van der Waals surface area contributed by atoms with Crippen molar-refractivity contribution in [2.45, 2.75) is 37.7 Å². The van der Waals surface area contributed by atoms with Gasteiger partial charge in [0.25, 0.3) is 11.1 Å². The zero-order valence-electron chi connectivity index (χ0n) is 14.5. The molecule has 4 nitrogen and oxygen atoms in total. The Kier molecular flexibility index (Phi) is 5.76. The number of carbonyl (C=O) groups excluding carboxylic acids is 1. The molecule has 0 aliphatic carbocycles. The first-order chi connectivity index (χ1) is 12.2. The molecule has 0 atom stereocenters. The van der Waals surface area contributed by atoms with E-state index >= 15 is 0 Å². The highest BCUT2D eigenvalue weighted by atomic mass is 32.2. The monoisotopic (exact) mass is 354 g/mol. The van der Waals surface area contributed by atoms with Gasteiger partial charge in [0, 0.05) is 17.9 Å². The summed E-state index contributed by atoms with van der Waals surface area (Å²) in [4.78, 5) is 16.7. The van der Waals surface area contributed by atoms with Crippen molar-refractivity contribution in [3.63, 3.8) is 0 Å². The molecule has 0 aliphatic heterocycles. The van der Waals surface area contributed by atoms with Gasteiger partial charge in [-0.2, -0.15) is 0 Å². The van der Waals surface area contributed by atoms with E-state index in [1.54, 1.807) is 0 Å². The van der Waals surface area contributed by atoms with Crippen LogP contribution < -0.4 is 5.32 Å². The number of amides is 1. The maximum atomic E-state index is 12.1. The van der Waals surface area contributed by atoms with E-state index in [4.69, 9.17) is 4.42 Å². The van der Waals surface area contributed by atoms with Crippen molar-refractivity contribution in [3.05, 3.63) is 59.2 Å². The van der Waals surface area contributed by atoms with Crippen LogP contribution in [0.4, 0.5) is 0 Å². The molecule has 0 bridgehead atoms. The van der Waals surface area contributed by atoms with Crippen LogP contribution in [0, 0.1) is 6.92 Å². The lowest BCUT2D eigenvalue weighted by Crippen LogP contribution is -2.24. The van der Waals surface area contributed by atoms with Gasteiger partial charge < -0.3 is 9.73 Å². The Balaban J connectivity index is 1.64. The topological polar surface area (TPSA) is 55.1 Å². The van der Waals surface area contributed by atoms with E-state index in [-0.39, 0.29) is 5.91 Å². The molecule has 2 aromatic carbocycles. The highest BCUT2D eigenvalue weighted by Gasteiger charge is 2.09. The van der Waals surface area contributed by atoms with Crippen LogP contribution >= 0.6 is 11.8 Å². The van der Waals surface area contributed by atoms with Gasteiger partial charge in [-0.05, 0) is 48.7 Å². The molecule has 3 rings (SSSR count). The second-order valence-electron chi connectivity index (χ2n) is 6.05. The average Bonchev–Trinajstić information content (AvgIpc) is 3.02. The normalized spacial score (nSPS) is 11.0. The fourth-order valence-electron chi connectivity index (χ4n) is 2.51. The van der Waals surface area contributed by atoms with Gasteiger partial charge in [-0.3, -0.25) is 4.79 Å². The summed E-state index contributed by atoms with van der Waals surface area (Å²) in [5.74, 6) is 0.694. The summed E-state index contributed by atoms with van der Waals surface area (Å²) in [6, 6.07) is 13.7. The fraction of sp³-hybridized carbons (Fsp3) is 0.300. The summed E-state index contributed by atoms with van der Waals surface area (Å²) in [5.41, 5.74) is 4.62. The van der Waals surface area contributed by atoms with Gasteiger partial charge in [0.05, 0.1) is 0 Å². The van der Waals surface area contributed by atoms with Crippen molar-refractivity contribution in [1.29, 1.82) is 0 Å². The molecule has 0 aliphatic rings. The average molecular weight is 354 g/mol. The van der Waals surface area contributed by atoms with Crippen molar-refractivity contribution >= 4 is 28.8 Å². The highest BCUT2D eigenvalue weighted by Crippen LogP contribution is 2.27. The van der Waals surface area contributed by atoms with Gasteiger partial charge in [0.15, 0.2) is 5.58 Å². The summed E-state index contributed by atoms with van der Waals surface area (Å²) >= 11 is 1.54. The number of carbonyl (C=O) groups is 1. The van der Waals surface area contributed by atoms with E-state index in [2.05, 4.69) is 17.2 Å². The maximum absolute atomic E-state index is 12.1. The van der Waals surface area contributed by atoms with Crippen LogP contribution in [-0.4, -0.2) is 17.4 Å². The van der Waals surface area contributed by atoms with Crippen LogP contribution in [-0.2, 0) is 5.75 Å². The fourth-order valence-corrected chi connectivity index (χ4v) is 3.29. The smallest absolute Gasteiger partial charge is 0.257 e. The second kappa shape index (κ2) is 8.21. The molecule has 0 radical (unpaired) electrons. The number of aromatic nitrogens is 1. The van der Waals surface area contributed by atoms with E-state index < -0.39 is 0 Å². The lowest BCUT2D eigenvalue weighted by atomic mass is 10.1. The minimum absolute atomic E-state index is 0.0161. The molecule has 1 N–H and O–H groups in total. The molecule has 0 unspecified atom stereocenters. The molecule has 3 aromatic rings. The zero-order valence-corrected chi connectivity index (χ0v) is 15.4. The molecule has 0 saturated heterocycles. The number of thioether (sulfide) groups is 1. The van der Waals surface area contributed by atoms with Crippen LogP contribution in [0.2, 0.25) is 0 Å². The summed E-state index contributed by atoms with van der Waals surface area (Å²) in [6.45, 7) is 4.87. The first kappa shape index (κ1) is 17.5. The van der Waals surface area contributed by atoms with Crippen molar-refractivity contribution in [1.82, 2.24) is 10.3 Å². The molecule has 0 spiro atoms. The number of nitrogens with zero attached hydrogens (tertiary/aromatic N) is 1. The van der Waals surface area contributed by atoms with Crippen molar-refractivity contribution < 1.29 is 9.21 Å². The minimum atomic E-state index is -0.0161. The first-order valence-electron chi connectivity index (χ1n) is 8.53. The number of benzene rings is 2. The number of rotatable bonds is 7. The van der Waals surface area contributed by atoms with Crippen LogP contribution in [0.5, 0.6) is 0 Å². The van der Waals surface area contributed by atoms with Gasteiger partial charge in [0.1, 0.15) is 5.52 Å². The molecule has 0 fully saturated rings. The Labute approximate surface area is 152 Å². The molecule has 1 aromatic heterocycles. The van der Waals surface area contributed by atoms with Crippen LogP contribution in [0.3, 0.4) is 0 Å². The SMILES string of the molecule is CCCCNC(=O)c1cccc(CSc2nc3cc(C)ccc3o2)c1. The molecule has 1 amide bonds. The summed E-state index contributed by atoms with van der Waals surface area (Å²) in [5, 5.41) is 3.60. The quantitative estimate of drug-likeness (QED) is 0.481. The third-order valence-corrected chi connectivity index (χ3v) is 4.79. The third kappa shape index (κ3) is 4.63. The number of hydrogen-bond donors (Lipinski definition) is 1.